The first-order chi connectivity index (χ1) is 14.1. The van der Waals surface area contributed by atoms with Gasteiger partial charge in [-0.1, -0.05) is 66.4 Å². The van der Waals surface area contributed by atoms with Crippen molar-refractivity contribution in [2.24, 2.45) is 4.99 Å². The van der Waals surface area contributed by atoms with E-state index in [-0.39, 0.29) is 17.3 Å². The number of nitrogens with zero attached hydrogens (tertiary/aromatic N) is 2. The molecule has 140 valence electrons. The van der Waals surface area contributed by atoms with E-state index in [1.54, 1.807) is 54.6 Å². The van der Waals surface area contributed by atoms with E-state index in [9.17, 15) is 14.4 Å². The van der Waals surface area contributed by atoms with Gasteiger partial charge in [-0.15, -0.1) is 0 Å². The minimum absolute atomic E-state index is 0.150. The molecule has 1 heterocycles. The van der Waals surface area contributed by atoms with Crippen molar-refractivity contribution in [2.45, 2.75) is 0 Å². The number of fused-ring (bicyclic) bond motifs is 2. The van der Waals surface area contributed by atoms with Crippen LogP contribution in [0.1, 0.15) is 36.6 Å². The molecule has 0 spiro atoms. The highest BCUT2D eigenvalue weighted by atomic mass is 32.2. The first kappa shape index (κ1) is 17.6. The summed E-state index contributed by atoms with van der Waals surface area (Å²) in [6.45, 7) is 0. The number of carbonyl (C=O) groups excluding carboxylic acids is 3. The normalized spacial score (nSPS) is 20.4. The van der Waals surface area contributed by atoms with E-state index in [2.05, 4.69) is 4.99 Å². The van der Waals surface area contributed by atoms with Crippen molar-refractivity contribution in [2.75, 3.05) is 7.05 Å². The summed E-state index contributed by atoms with van der Waals surface area (Å²) in [5.74, 6) is -0.489. The van der Waals surface area contributed by atoms with Crippen LogP contribution in [0.3, 0.4) is 0 Å². The number of thioether (sulfide) groups is 1. The summed E-state index contributed by atoms with van der Waals surface area (Å²) in [4.78, 5) is 44.8. The van der Waals surface area contributed by atoms with Crippen molar-refractivity contribution in [3.8, 4) is 0 Å². The summed E-state index contributed by atoms with van der Waals surface area (Å²) in [7, 11) is 1.73. The quantitative estimate of drug-likeness (QED) is 0.723. The zero-order valence-electron chi connectivity index (χ0n) is 15.4. The number of allylic oxidation sites excluding steroid dienone is 3. The number of ketones is 3. The smallest absolute Gasteiger partial charge is 0.211 e. The van der Waals surface area contributed by atoms with E-state index in [1.807, 2.05) is 24.3 Å². The standard InChI is InChI=1S/C23H14N2O3S/c1-25-18(12-24-17-11-10-13-6-2-3-7-14(13)20(17)26)29-23-19(25)21(27)15-8-4-5-9-16(15)22(23)28/h2-12H,1H3/b18-12+,24-17?. The SMILES string of the molecule is CN1C2=C(S/C1=C/N=C1C=Cc3ccccc3C1=O)C(=O)c1ccccc1C2=O. The number of hydrogen-bond donors (Lipinski definition) is 0. The number of aliphatic imine (C=N–C) groups is 1. The van der Waals surface area contributed by atoms with Gasteiger partial charge in [0.2, 0.25) is 17.3 Å². The highest BCUT2D eigenvalue weighted by Crippen LogP contribution is 2.45. The minimum Gasteiger partial charge on any atom is -0.334 e. The molecule has 0 aromatic heterocycles. The van der Waals surface area contributed by atoms with Gasteiger partial charge in [-0.2, -0.15) is 0 Å². The van der Waals surface area contributed by atoms with Crippen molar-refractivity contribution in [3.05, 3.63) is 98.7 Å². The number of hydrogen-bond acceptors (Lipinski definition) is 6. The van der Waals surface area contributed by atoms with E-state index in [0.717, 1.165) is 5.56 Å². The van der Waals surface area contributed by atoms with Crippen LogP contribution in [-0.4, -0.2) is 35.0 Å². The topological polar surface area (TPSA) is 66.8 Å². The molecule has 0 fully saturated rings. The fourth-order valence-corrected chi connectivity index (χ4v) is 4.66. The van der Waals surface area contributed by atoms with Crippen LogP contribution in [-0.2, 0) is 0 Å². The van der Waals surface area contributed by atoms with Crippen molar-refractivity contribution >= 4 is 40.9 Å². The molecular weight excluding hydrogens is 384 g/mol. The van der Waals surface area contributed by atoms with Crippen LogP contribution in [0.25, 0.3) is 6.08 Å². The molecule has 0 unspecified atom stereocenters. The maximum absolute atomic E-state index is 12.9. The molecule has 0 saturated heterocycles. The fourth-order valence-electron chi connectivity index (χ4n) is 3.59. The number of rotatable bonds is 1. The van der Waals surface area contributed by atoms with E-state index in [4.69, 9.17) is 0 Å². The first-order valence-electron chi connectivity index (χ1n) is 9.00. The average molecular weight is 398 g/mol. The Hall–Kier alpha value is -3.51. The molecule has 29 heavy (non-hydrogen) atoms. The van der Waals surface area contributed by atoms with Gasteiger partial charge in [-0.3, -0.25) is 14.4 Å². The van der Waals surface area contributed by atoms with Gasteiger partial charge < -0.3 is 4.90 Å². The molecule has 0 atom stereocenters. The second-order valence-electron chi connectivity index (χ2n) is 6.77. The molecule has 0 amide bonds. The third-order valence-corrected chi connectivity index (χ3v) is 6.27. The van der Waals surface area contributed by atoms with E-state index >= 15 is 0 Å². The van der Waals surface area contributed by atoms with Crippen molar-refractivity contribution < 1.29 is 14.4 Å². The van der Waals surface area contributed by atoms with Gasteiger partial charge in [-0.05, 0) is 11.6 Å². The van der Waals surface area contributed by atoms with Crippen LogP contribution >= 0.6 is 11.8 Å². The van der Waals surface area contributed by atoms with Gasteiger partial charge in [0.1, 0.15) is 11.4 Å². The first-order valence-corrected chi connectivity index (χ1v) is 9.82. The van der Waals surface area contributed by atoms with E-state index in [0.29, 0.717) is 38.0 Å². The van der Waals surface area contributed by atoms with Crippen LogP contribution in [0.5, 0.6) is 0 Å². The Morgan fingerprint density at radius 3 is 2.24 bits per heavy atom. The molecule has 6 heteroatoms. The van der Waals surface area contributed by atoms with Crippen LogP contribution in [0.2, 0.25) is 0 Å². The van der Waals surface area contributed by atoms with Gasteiger partial charge in [0.05, 0.1) is 16.1 Å². The molecular formula is C23H14N2O3S. The molecule has 5 nitrogen and oxygen atoms in total. The maximum Gasteiger partial charge on any atom is 0.211 e. The number of likely N-dealkylation sites (N-methyl/N-ethyl adjacent to an activating group) is 1. The second kappa shape index (κ2) is 6.53. The largest absolute Gasteiger partial charge is 0.334 e. The Morgan fingerprint density at radius 2 is 1.48 bits per heavy atom. The Bertz CT molecular complexity index is 1250. The zero-order chi connectivity index (χ0) is 20.1. The summed E-state index contributed by atoms with van der Waals surface area (Å²) in [5, 5.41) is 0.622. The molecule has 2 aromatic rings. The molecule has 5 rings (SSSR count). The highest BCUT2D eigenvalue weighted by molar-refractivity contribution is 8.07. The Labute approximate surface area is 171 Å². The molecule has 0 N–H and O–H groups in total. The van der Waals surface area contributed by atoms with Crippen molar-refractivity contribution in [3.63, 3.8) is 0 Å². The summed E-state index contributed by atoms with van der Waals surface area (Å²) < 4.78 is 0. The monoisotopic (exact) mass is 398 g/mol. The third-order valence-electron chi connectivity index (χ3n) is 5.10. The Morgan fingerprint density at radius 1 is 0.828 bits per heavy atom. The van der Waals surface area contributed by atoms with Crippen molar-refractivity contribution in [1.29, 1.82) is 0 Å². The van der Waals surface area contributed by atoms with Gasteiger partial charge >= 0.3 is 0 Å². The summed E-state index contributed by atoms with van der Waals surface area (Å²) in [6.07, 6.45) is 5.08. The predicted molar refractivity (Wildman–Crippen MR) is 113 cm³/mol. The van der Waals surface area contributed by atoms with Gasteiger partial charge in [0.15, 0.2) is 0 Å². The van der Waals surface area contributed by atoms with Crippen LogP contribution in [0.4, 0.5) is 0 Å². The molecule has 2 aliphatic carbocycles. The molecule has 3 aliphatic rings. The lowest BCUT2D eigenvalue weighted by Crippen LogP contribution is -2.25. The highest BCUT2D eigenvalue weighted by Gasteiger charge is 2.40. The van der Waals surface area contributed by atoms with E-state index in [1.165, 1.54) is 11.8 Å². The van der Waals surface area contributed by atoms with Gasteiger partial charge in [0.25, 0.3) is 0 Å². The maximum atomic E-state index is 12.9. The van der Waals surface area contributed by atoms with Crippen molar-refractivity contribution in [1.82, 2.24) is 4.90 Å². The van der Waals surface area contributed by atoms with Gasteiger partial charge in [0, 0.05) is 23.7 Å². The molecule has 2 aromatic carbocycles. The second-order valence-corrected chi connectivity index (χ2v) is 7.80. The summed E-state index contributed by atoms with van der Waals surface area (Å²) >= 11 is 1.21. The number of carbonyl (C=O) groups is 3. The van der Waals surface area contributed by atoms with Crippen LogP contribution in [0, 0.1) is 0 Å². The lowest BCUT2D eigenvalue weighted by molar-refractivity contribution is 0.0964. The number of benzene rings is 2. The van der Waals surface area contributed by atoms with Crippen LogP contribution in [0.15, 0.2) is 81.4 Å². The molecule has 0 saturated carbocycles. The summed E-state index contributed by atoms with van der Waals surface area (Å²) in [6, 6.07) is 14.2. The molecule has 0 bridgehead atoms. The van der Waals surface area contributed by atoms with Crippen LogP contribution < -0.4 is 0 Å². The zero-order valence-corrected chi connectivity index (χ0v) is 16.2. The summed E-state index contributed by atoms with van der Waals surface area (Å²) in [5.41, 5.74) is 2.99. The molecule has 1 aliphatic heterocycles. The lowest BCUT2D eigenvalue weighted by atomic mass is 9.92. The number of Topliss-reactive ketones (excluding diaryl/α,β-unsaturated/α-hetero) is 3. The lowest BCUT2D eigenvalue weighted by Gasteiger charge is -2.19. The minimum atomic E-state index is -0.177. The fraction of sp³-hybridized carbons (Fsp3) is 0.0435. The average Bonchev–Trinajstić information content (AvgIpc) is 3.08. The predicted octanol–water partition coefficient (Wildman–Crippen LogP) is 4.11. The van der Waals surface area contributed by atoms with E-state index < -0.39 is 0 Å². The van der Waals surface area contributed by atoms with Gasteiger partial charge in [-0.25, -0.2) is 4.99 Å². The third kappa shape index (κ3) is 2.64. The molecule has 0 radical (unpaired) electrons. The Kier molecular flexibility index (Phi) is 3.96. The Balaban J connectivity index is 1.48.